The predicted molar refractivity (Wildman–Crippen MR) is 79.6 cm³/mol. The van der Waals surface area contributed by atoms with Crippen LogP contribution in [0.15, 0.2) is 53.3 Å². The minimum Gasteiger partial charge on any atom is -0.244 e. The molecule has 6 heteroatoms. The van der Waals surface area contributed by atoms with Crippen LogP contribution in [0, 0.1) is 0 Å². The number of nitrogens with one attached hydrogen (secondary N) is 1. The molecule has 4 nitrogen and oxygen atoms in total. The zero-order valence-corrected chi connectivity index (χ0v) is 11.7. The second kappa shape index (κ2) is 5.15. The molecule has 0 spiro atoms. The fourth-order valence-electron chi connectivity index (χ4n) is 1.89. The molecular formula is C14H9Cl2N3O. The Labute approximate surface area is 124 Å². The van der Waals surface area contributed by atoms with E-state index in [-0.39, 0.29) is 0 Å². The molecule has 0 fully saturated rings. The standard InChI is InChI=1S/C14H9Cl2N3O/c15-10-3-1-9(2-4-10)13-17-14(20)18-19(13)12-7-5-11(16)6-8-12/h1-8H,(H,18,20). The first kappa shape index (κ1) is 13.0. The molecule has 0 amide bonds. The van der Waals surface area contributed by atoms with Gasteiger partial charge in [0.2, 0.25) is 0 Å². The second-order valence-electron chi connectivity index (χ2n) is 4.17. The van der Waals surface area contributed by atoms with E-state index in [0.29, 0.717) is 15.9 Å². The lowest BCUT2D eigenvalue weighted by atomic mass is 10.2. The highest BCUT2D eigenvalue weighted by molar-refractivity contribution is 6.30. The SMILES string of the molecule is O=c1nc(-c2ccc(Cl)cc2)n(-c2ccc(Cl)cc2)[nH]1. The molecule has 0 saturated carbocycles. The molecule has 0 radical (unpaired) electrons. The Morgan fingerprint density at radius 1 is 0.900 bits per heavy atom. The Morgan fingerprint density at radius 2 is 1.45 bits per heavy atom. The number of aromatic nitrogens is 3. The van der Waals surface area contributed by atoms with E-state index in [1.54, 1.807) is 41.1 Å². The Balaban J connectivity index is 2.15. The van der Waals surface area contributed by atoms with Crippen molar-refractivity contribution in [1.82, 2.24) is 14.8 Å². The predicted octanol–water partition coefficient (Wildman–Crippen LogP) is 3.53. The average Bonchev–Trinajstić information content (AvgIpc) is 2.82. The molecule has 0 aliphatic heterocycles. The van der Waals surface area contributed by atoms with Crippen LogP contribution in [0.4, 0.5) is 0 Å². The monoisotopic (exact) mass is 305 g/mol. The van der Waals surface area contributed by atoms with E-state index in [0.717, 1.165) is 11.3 Å². The maximum atomic E-state index is 11.6. The van der Waals surface area contributed by atoms with Crippen molar-refractivity contribution >= 4 is 23.2 Å². The first-order chi connectivity index (χ1) is 9.63. The fraction of sp³-hybridized carbons (Fsp3) is 0. The minimum atomic E-state index is -0.412. The molecule has 2 aromatic carbocycles. The van der Waals surface area contributed by atoms with Gasteiger partial charge in [-0.1, -0.05) is 23.2 Å². The van der Waals surface area contributed by atoms with E-state index in [9.17, 15) is 4.79 Å². The summed E-state index contributed by atoms with van der Waals surface area (Å²) in [5.41, 5.74) is 1.15. The smallest absolute Gasteiger partial charge is 0.244 e. The third-order valence-corrected chi connectivity index (χ3v) is 3.32. The quantitative estimate of drug-likeness (QED) is 0.787. The van der Waals surface area contributed by atoms with Gasteiger partial charge in [-0.25, -0.2) is 14.6 Å². The van der Waals surface area contributed by atoms with Crippen LogP contribution in [-0.4, -0.2) is 14.8 Å². The zero-order valence-electron chi connectivity index (χ0n) is 10.2. The Morgan fingerprint density at radius 3 is 2.05 bits per heavy atom. The van der Waals surface area contributed by atoms with Gasteiger partial charge in [0.15, 0.2) is 5.82 Å². The minimum absolute atomic E-state index is 0.412. The number of benzene rings is 2. The molecule has 1 heterocycles. The number of H-pyrrole nitrogens is 1. The summed E-state index contributed by atoms with van der Waals surface area (Å²) in [6.07, 6.45) is 0. The second-order valence-corrected chi connectivity index (χ2v) is 5.04. The number of aromatic amines is 1. The molecule has 3 rings (SSSR count). The number of hydrogen-bond acceptors (Lipinski definition) is 2. The number of rotatable bonds is 2. The van der Waals surface area contributed by atoms with E-state index in [4.69, 9.17) is 23.2 Å². The van der Waals surface area contributed by atoms with Crippen molar-refractivity contribution in [3.63, 3.8) is 0 Å². The Kier molecular flexibility index (Phi) is 3.34. The van der Waals surface area contributed by atoms with Crippen molar-refractivity contribution in [2.75, 3.05) is 0 Å². The Bertz CT molecular complexity index is 723. The van der Waals surface area contributed by atoms with Crippen LogP contribution in [0.1, 0.15) is 0 Å². The lowest BCUT2D eigenvalue weighted by Gasteiger charge is -2.07. The molecule has 3 aromatic rings. The highest BCUT2D eigenvalue weighted by Gasteiger charge is 2.10. The van der Waals surface area contributed by atoms with Crippen molar-refractivity contribution < 1.29 is 0 Å². The summed E-state index contributed by atoms with van der Waals surface area (Å²) in [6, 6.07) is 14.2. The van der Waals surface area contributed by atoms with Gasteiger partial charge in [0.05, 0.1) is 5.69 Å². The maximum Gasteiger partial charge on any atom is 0.362 e. The Hall–Kier alpha value is -2.04. The van der Waals surface area contributed by atoms with Crippen LogP contribution in [-0.2, 0) is 0 Å². The van der Waals surface area contributed by atoms with Crippen molar-refractivity contribution in [3.8, 4) is 17.1 Å². The van der Waals surface area contributed by atoms with Crippen LogP contribution >= 0.6 is 23.2 Å². The summed E-state index contributed by atoms with van der Waals surface area (Å²) < 4.78 is 1.61. The van der Waals surface area contributed by atoms with Crippen molar-refractivity contribution in [2.45, 2.75) is 0 Å². The highest BCUT2D eigenvalue weighted by atomic mass is 35.5. The summed E-state index contributed by atoms with van der Waals surface area (Å²) >= 11 is 11.7. The van der Waals surface area contributed by atoms with Crippen LogP contribution < -0.4 is 5.69 Å². The molecule has 0 saturated heterocycles. The molecule has 20 heavy (non-hydrogen) atoms. The molecule has 1 N–H and O–H groups in total. The summed E-state index contributed by atoms with van der Waals surface area (Å²) in [7, 11) is 0. The van der Waals surface area contributed by atoms with E-state index in [1.165, 1.54) is 0 Å². The van der Waals surface area contributed by atoms with Gasteiger partial charge in [0.25, 0.3) is 0 Å². The van der Waals surface area contributed by atoms with Crippen molar-refractivity contribution in [2.24, 2.45) is 0 Å². The van der Waals surface area contributed by atoms with E-state index in [2.05, 4.69) is 10.1 Å². The van der Waals surface area contributed by atoms with Gasteiger partial charge >= 0.3 is 5.69 Å². The summed E-state index contributed by atoms with van der Waals surface area (Å²) in [4.78, 5) is 15.5. The normalized spacial score (nSPS) is 10.7. The van der Waals surface area contributed by atoms with Crippen molar-refractivity contribution in [3.05, 3.63) is 69.1 Å². The first-order valence-corrected chi connectivity index (χ1v) is 6.60. The number of halogens is 2. The molecule has 1 aromatic heterocycles. The molecule has 0 aliphatic carbocycles. The van der Waals surface area contributed by atoms with Gasteiger partial charge in [-0.2, -0.15) is 4.98 Å². The van der Waals surface area contributed by atoms with Gasteiger partial charge in [0.1, 0.15) is 0 Å². The van der Waals surface area contributed by atoms with Gasteiger partial charge in [-0.3, -0.25) is 0 Å². The topological polar surface area (TPSA) is 50.7 Å². The first-order valence-electron chi connectivity index (χ1n) is 5.84. The summed E-state index contributed by atoms with van der Waals surface area (Å²) in [5, 5.41) is 3.93. The molecule has 0 unspecified atom stereocenters. The van der Waals surface area contributed by atoms with Gasteiger partial charge < -0.3 is 0 Å². The fourth-order valence-corrected chi connectivity index (χ4v) is 2.14. The summed E-state index contributed by atoms with van der Waals surface area (Å²) in [6.45, 7) is 0. The molecule has 100 valence electrons. The number of nitrogens with zero attached hydrogens (tertiary/aromatic N) is 2. The van der Waals surface area contributed by atoms with Crippen LogP contribution in [0.5, 0.6) is 0 Å². The lowest BCUT2D eigenvalue weighted by Crippen LogP contribution is -2.05. The third kappa shape index (κ3) is 2.48. The van der Waals surface area contributed by atoms with E-state index >= 15 is 0 Å². The van der Waals surface area contributed by atoms with Crippen LogP contribution in [0.25, 0.3) is 17.1 Å². The van der Waals surface area contributed by atoms with E-state index < -0.39 is 5.69 Å². The molecule has 0 bridgehead atoms. The molecular weight excluding hydrogens is 297 g/mol. The lowest BCUT2D eigenvalue weighted by molar-refractivity contribution is 0.871. The summed E-state index contributed by atoms with van der Waals surface area (Å²) in [5.74, 6) is 0.522. The average molecular weight is 306 g/mol. The van der Waals surface area contributed by atoms with E-state index in [1.807, 2.05) is 12.1 Å². The third-order valence-electron chi connectivity index (χ3n) is 2.81. The molecule has 0 aliphatic rings. The zero-order chi connectivity index (χ0) is 14.1. The van der Waals surface area contributed by atoms with Crippen LogP contribution in [0.2, 0.25) is 10.0 Å². The largest absolute Gasteiger partial charge is 0.362 e. The highest BCUT2D eigenvalue weighted by Crippen LogP contribution is 2.21. The number of hydrogen-bond donors (Lipinski definition) is 1. The van der Waals surface area contributed by atoms with Gasteiger partial charge in [-0.15, -0.1) is 0 Å². The van der Waals surface area contributed by atoms with Gasteiger partial charge in [-0.05, 0) is 48.5 Å². The van der Waals surface area contributed by atoms with Crippen molar-refractivity contribution in [1.29, 1.82) is 0 Å². The molecule has 0 atom stereocenters. The maximum absolute atomic E-state index is 11.6. The van der Waals surface area contributed by atoms with Gasteiger partial charge in [0, 0.05) is 15.6 Å². The van der Waals surface area contributed by atoms with Crippen LogP contribution in [0.3, 0.4) is 0 Å².